The van der Waals surface area contributed by atoms with E-state index < -0.39 is 17.7 Å². The zero-order chi connectivity index (χ0) is 19.4. The van der Waals surface area contributed by atoms with Gasteiger partial charge in [-0.2, -0.15) is 0 Å². The van der Waals surface area contributed by atoms with Gasteiger partial charge in [0.15, 0.2) is 5.76 Å². The summed E-state index contributed by atoms with van der Waals surface area (Å²) in [4.78, 5) is 23.7. The van der Waals surface area contributed by atoms with Gasteiger partial charge >= 0.3 is 5.97 Å². The van der Waals surface area contributed by atoms with Gasteiger partial charge in [0.05, 0.1) is 18.4 Å². The van der Waals surface area contributed by atoms with Crippen molar-refractivity contribution in [2.45, 2.75) is 0 Å². The smallest absolute Gasteiger partial charge is 0.337 e. The van der Waals surface area contributed by atoms with E-state index in [4.69, 9.17) is 4.74 Å². The van der Waals surface area contributed by atoms with Crippen LogP contribution in [0, 0.1) is 5.82 Å². The molecule has 0 radical (unpaired) electrons. The van der Waals surface area contributed by atoms with Crippen molar-refractivity contribution in [3.05, 3.63) is 83.4 Å². The Balaban J connectivity index is 1.89. The van der Waals surface area contributed by atoms with Gasteiger partial charge < -0.3 is 15.2 Å². The summed E-state index contributed by atoms with van der Waals surface area (Å²) in [5, 5.41) is 13.7. The average Bonchev–Trinajstić information content (AvgIpc) is 2.67. The summed E-state index contributed by atoms with van der Waals surface area (Å²) in [6, 6.07) is 16.6. The van der Waals surface area contributed by atoms with Gasteiger partial charge in [0, 0.05) is 0 Å². The summed E-state index contributed by atoms with van der Waals surface area (Å²) >= 11 is 0. The van der Waals surface area contributed by atoms with Gasteiger partial charge in [-0.15, -0.1) is 0 Å². The van der Waals surface area contributed by atoms with Gasteiger partial charge in [0.2, 0.25) is 0 Å². The first-order valence-electron chi connectivity index (χ1n) is 8.06. The van der Waals surface area contributed by atoms with Crippen LogP contribution >= 0.6 is 0 Å². The minimum absolute atomic E-state index is 0.00838. The van der Waals surface area contributed by atoms with Gasteiger partial charge in [-0.25, -0.2) is 9.18 Å². The van der Waals surface area contributed by atoms with Crippen LogP contribution in [-0.4, -0.2) is 24.1 Å². The molecule has 0 aromatic heterocycles. The number of nitrogens with one attached hydrogen (secondary N) is 1. The van der Waals surface area contributed by atoms with Crippen molar-refractivity contribution in [3.63, 3.8) is 0 Å². The first kappa shape index (κ1) is 18.1. The predicted molar refractivity (Wildman–Crippen MR) is 101 cm³/mol. The highest BCUT2D eigenvalue weighted by Gasteiger charge is 2.16. The maximum absolute atomic E-state index is 13.3. The van der Waals surface area contributed by atoms with E-state index in [2.05, 4.69) is 5.32 Å². The minimum atomic E-state index is -1.35. The third-order valence-electron chi connectivity index (χ3n) is 3.98. The standard InChI is InChI=1S/C21H16FNO4/c1-27-19(11-13-6-7-14-4-2-3-5-15(14)10-13)20(24)23-18-9-8-16(22)12-17(18)21(25)26/h2-12H,1H3,(H,23,24)(H,25,26)/b19-11+. The molecule has 3 aromatic carbocycles. The Hall–Kier alpha value is -3.67. The monoisotopic (exact) mass is 365 g/mol. The van der Waals surface area contributed by atoms with E-state index in [1.807, 2.05) is 42.5 Å². The van der Waals surface area contributed by atoms with E-state index in [0.717, 1.165) is 28.5 Å². The van der Waals surface area contributed by atoms with Crippen LogP contribution in [0.1, 0.15) is 15.9 Å². The SMILES string of the molecule is CO/C(=C/c1ccc2ccccc2c1)C(=O)Nc1ccc(F)cc1C(=O)O. The molecule has 0 aliphatic carbocycles. The fourth-order valence-corrected chi connectivity index (χ4v) is 2.65. The minimum Gasteiger partial charge on any atom is -0.491 e. The number of amides is 1. The number of benzene rings is 3. The van der Waals surface area contributed by atoms with E-state index >= 15 is 0 Å². The molecule has 0 saturated carbocycles. The molecule has 5 nitrogen and oxygen atoms in total. The van der Waals surface area contributed by atoms with Crippen molar-refractivity contribution >= 4 is 34.4 Å². The van der Waals surface area contributed by atoms with Crippen LogP contribution in [0.4, 0.5) is 10.1 Å². The topological polar surface area (TPSA) is 75.6 Å². The zero-order valence-electron chi connectivity index (χ0n) is 14.4. The lowest BCUT2D eigenvalue weighted by atomic mass is 10.1. The normalized spacial score (nSPS) is 11.3. The summed E-state index contributed by atoms with van der Waals surface area (Å²) in [7, 11) is 1.34. The number of carbonyl (C=O) groups is 2. The Morgan fingerprint density at radius 2 is 1.78 bits per heavy atom. The Bertz CT molecular complexity index is 1060. The van der Waals surface area contributed by atoms with Crippen molar-refractivity contribution in [2.24, 2.45) is 0 Å². The van der Waals surface area contributed by atoms with Crippen LogP contribution < -0.4 is 5.32 Å². The highest BCUT2D eigenvalue weighted by Crippen LogP contribution is 2.20. The van der Waals surface area contributed by atoms with E-state index in [0.29, 0.717) is 0 Å². The van der Waals surface area contributed by atoms with Gasteiger partial charge in [0.25, 0.3) is 5.91 Å². The highest BCUT2D eigenvalue weighted by molar-refractivity contribution is 6.08. The average molecular weight is 365 g/mol. The van der Waals surface area contributed by atoms with Crippen LogP contribution in [0.2, 0.25) is 0 Å². The lowest BCUT2D eigenvalue weighted by Gasteiger charge is -2.10. The number of halogens is 1. The number of carboxylic acids is 1. The Kier molecular flexibility index (Phi) is 5.17. The number of rotatable bonds is 5. The molecule has 2 N–H and O–H groups in total. The second-order valence-electron chi connectivity index (χ2n) is 5.77. The third-order valence-corrected chi connectivity index (χ3v) is 3.98. The van der Waals surface area contributed by atoms with Crippen LogP contribution in [0.3, 0.4) is 0 Å². The zero-order valence-corrected chi connectivity index (χ0v) is 14.4. The van der Waals surface area contributed by atoms with Crippen LogP contribution in [-0.2, 0) is 9.53 Å². The summed E-state index contributed by atoms with van der Waals surface area (Å²) in [6.45, 7) is 0. The molecule has 136 valence electrons. The van der Waals surface area contributed by atoms with Gasteiger partial charge in [-0.1, -0.05) is 36.4 Å². The van der Waals surface area contributed by atoms with Crippen molar-refractivity contribution in [1.82, 2.24) is 0 Å². The predicted octanol–water partition coefficient (Wildman–Crippen LogP) is 4.30. The molecule has 1 amide bonds. The Morgan fingerprint density at radius 1 is 1.04 bits per heavy atom. The summed E-state index contributed by atoms with van der Waals surface area (Å²) in [6.07, 6.45) is 1.55. The number of anilines is 1. The Labute approximate surface area is 154 Å². The first-order valence-corrected chi connectivity index (χ1v) is 8.06. The van der Waals surface area contributed by atoms with E-state index in [1.54, 1.807) is 6.08 Å². The molecule has 0 heterocycles. The molecule has 27 heavy (non-hydrogen) atoms. The molecule has 0 aliphatic heterocycles. The molecule has 0 spiro atoms. The molecule has 0 fully saturated rings. The number of methoxy groups -OCH3 is 1. The second-order valence-corrected chi connectivity index (χ2v) is 5.77. The number of hydrogen-bond acceptors (Lipinski definition) is 3. The fraction of sp³-hybridized carbons (Fsp3) is 0.0476. The molecule has 3 aromatic rings. The summed E-state index contributed by atoms with van der Waals surface area (Å²) < 4.78 is 18.4. The second kappa shape index (κ2) is 7.70. The number of ether oxygens (including phenoxy) is 1. The molecule has 6 heteroatoms. The molecule has 0 aliphatic rings. The first-order chi connectivity index (χ1) is 13.0. The lowest BCUT2D eigenvalue weighted by molar-refractivity contribution is -0.115. The van der Waals surface area contributed by atoms with Gasteiger partial charge in [-0.05, 0) is 46.7 Å². The van der Waals surface area contributed by atoms with Gasteiger partial charge in [-0.3, -0.25) is 4.79 Å². The maximum atomic E-state index is 13.3. The molecule has 0 bridgehead atoms. The Morgan fingerprint density at radius 3 is 2.48 bits per heavy atom. The number of fused-ring (bicyclic) bond motifs is 1. The largest absolute Gasteiger partial charge is 0.491 e. The van der Waals surface area contributed by atoms with E-state index in [-0.39, 0.29) is 17.0 Å². The van der Waals surface area contributed by atoms with Crippen molar-refractivity contribution in [3.8, 4) is 0 Å². The number of hydrogen-bond donors (Lipinski definition) is 2. The van der Waals surface area contributed by atoms with E-state index in [1.165, 1.54) is 13.2 Å². The summed E-state index contributed by atoms with van der Waals surface area (Å²) in [5.41, 5.74) is 0.387. The molecule has 0 saturated heterocycles. The van der Waals surface area contributed by atoms with Crippen LogP contribution in [0.25, 0.3) is 16.8 Å². The molecule has 3 rings (SSSR count). The van der Waals surface area contributed by atoms with Crippen LogP contribution in [0.5, 0.6) is 0 Å². The highest BCUT2D eigenvalue weighted by atomic mass is 19.1. The fourth-order valence-electron chi connectivity index (χ4n) is 2.65. The number of carboxylic acid groups (broad SMARTS) is 1. The van der Waals surface area contributed by atoms with Gasteiger partial charge in [0.1, 0.15) is 5.82 Å². The molecule has 0 atom stereocenters. The van der Waals surface area contributed by atoms with Crippen molar-refractivity contribution in [1.29, 1.82) is 0 Å². The third kappa shape index (κ3) is 4.12. The lowest BCUT2D eigenvalue weighted by Crippen LogP contribution is -2.17. The molecular weight excluding hydrogens is 349 g/mol. The molecule has 0 unspecified atom stereocenters. The van der Waals surface area contributed by atoms with Crippen LogP contribution in [0.15, 0.2) is 66.4 Å². The number of carbonyl (C=O) groups excluding carboxylic acids is 1. The molecular formula is C21H16FNO4. The summed E-state index contributed by atoms with van der Waals surface area (Å²) in [5.74, 6) is -2.70. The quantitative estimate of drug-likeness (QED) is 0.522. The van der Waals surface area contributed by atoms with Crippen molar-refractivity contribution < 1.29 is 23.8 Å². The van der Waals surface area contributed by atoms with E-state index in [9.17, 15) is 19.1 Å². The maximum Gasteiger partial charge on any atom is 0.337 e. The van der Waals surface area contributed by atoms with Crippen molar-refractivity contribution in [2.75, 3.05) is 12.4 Å². The number of aromatic carboxylic acids is 1.